The average molecular weight is 423 g/mol. The lowest BCUT2D eigenvalue weighted by Gasteiger charge is -2.19. The number of carbonyl (C=O) groups excluding carboxylic acids is 1. The Morgan fingerprint density at radius 1 is 1.22 bits per heavy atom. The lowest BCUT2D eigenvalue weighted by molar-refractivity contribution is 0.0934. The van der Waals surface area contributed by atoms with Crippen LogP contribution in [0.3, 0.4) is 0 Å². The molecule has 1 amide bonds. The molecule has 2 rings (SSSR count). The molecule has 0 aliphatic rings. The number of amides is 1. The van der Waals surface area contributed by atoms with Crippen molar-refractivity contribution in [2.24, 2.45) is 0 Å². The van der Waals surface area contributed by atoms with Gasteiger partial charge in [-0.2, -0.15) is 0 Å². The summed E-state index contributed by atoms with van der Waals surface area (Å²) < 4.78 is 6.28. The lowest BCUT2D eigenvalue weighted by atomic mass is 10.0. The number of hydrogen-bond donors (Lipinski definition) is 1. The average Bonchev–Trinajstić information content (AvgIpc) is 2.52. The summed E-state index contributed by atoms with van der Waals surface area (Å²) in [5.74, 6) is 0.831. The molecule has 0 aliphatic heterocycles. The minimum Gasteiger partial charge on any atom is -0.496 e. The highest BCUT2D eigenvalue weighted by molar-refractivity contribution is 14.1. The Morgan fingerprint density at radius 2 is 1.96 bits per heavy atom. The van der Waals surface area contributed by atoms with Crippen molar-refractivity contribution in [3.8, 4) is 5.75 Å². The van der Waals surface area contributed by atoms with Crippen LogP contribution < -0.4 is 10.1 Å². The van der Waals surface area contributed by atoms with Crippen LogP contribution in [0.25, 0.3) is 0 Å². The summed E-state index contributed by atoms with van der Waals surface area (Å²) in [6, 6.07) is 11.9. The first kappa shape index (κ1) is 17.8. The first-order valence-electron chi connectivity index (χ1n) is 7.67. The van der Waals surface area contributed by atoms with Gasteiger partial charge >= 0.3 is 0 Å². The summed E-state index contributed by atoms with van der Waals surface area (Å²) in [7, 11) is 1.67. The third-order valence-electron chi connectivity index (χ3n) is 3.90. The molecule has 0 spiro atoms. The van der Waals surface area contributed by atoms with Gasteiger partial charge in [-0.1, -0.05) is 30.7 Å². The monoisotopic (exact) mass is 423 g/mol. The van der Waals surface area contributed by atoms with E-state index in [0.717, 1.165) is 38.0 Å². The molecular weight excluding hydrogens is 401 g/mol. The Labute approximate surface area is 151 Å². The van der Waals surface area contributed by atoms with Gasteiger partial charge in [-0.15, -0.1) is 0 Å². The predicted molar refractivity (Wildman–Crippen MR) is 102 cm³/mol. The number of benzene rings is 2. The smallest absolute Gasteiger partial charge is 0.252 e. The van der Waals surface area contributed by atoms with Crippen molar-refractivity contribution in [2.75, 3.05) is 7.11 Å². The van der Waals surface area contributed by atoms with Gasteiger partial charge in [0.2, 0.25) is 0 Å². The molecule has 0 bridgehead atoms. The van der Waals surface area contributed by atoms with E-state index in [1.54, 1.807) is 7.11 Å². The molecule has 0 fully saturated rings. The largest absolute Gasteiger partial charge is 0.496 e. The number of aryl methyl sites for hydroxylation is 2. The zero-order chi connectivity index (χ0) is 17.0. The van der Waals surface area contributed by atoms with E-state index >= 15 is 0 Å². The van der Waals surface area contributed by atoms with Crippen molar-refractivity contribution in [1.82, 2.24) is 5.32 Å². The zero-order valence-electron chi connectivity index (χ0n) is 13.9. The summed E-state index contributed by atoms with van der Waals surface area (Å²) in [5, 5.41) is 3.14. The maximum atomic E-state index is 12.6. The Kier molecular flexibility index (Phi) is 6.04. The van der Waals surface area contributed by atoms with E-state index in [1.165, 1.54) is 0 Å². The molecule has 0 radical (unpaired) electrons. The second kappa shape index (κ2) is 7.81. The van der Waals surface area contributed by atoms with Gasteiger partial charge in [0.25, 0.3) is 5.91 Å². The van der Waals surface area contributed by atoms with Crippen LogP contribution in [-0.2, 0) is 0 Å². The third kappa shape index (κ3) is 4.25. The van der Waals surface area contributed by atoms with Gasteiger partial charge in [0.1, 0.15) is 5.75 Å². The second-order valence-electron chi connectivity index (χ2n) is 5.65. The molecule has 0 heterocycles. The number of carbonyl (C=O) groups is 1. The molecule has 23 heavy (non-hydrogen) atoms. The van der Waals surface area contributed by atoms with Crippen molar-refractivity contribution in [3.63, 3.8) is 0 Å². The summed E-state index contributed by atoms with van der Waals surface area (Å²) >= 11 is 2.21. The standard InChI is InChI=1S/C19H22INO2/c1-5-17(14-7-9-18(23-4)13(3)11-14)21-19(22)15-8-6-12(2)10-16(15)20/h6-11,17H,5H2,1-4H3,(H,21,22)/t17-/m1/s1. The minimum absolute atomic E-state index is 0.00999. The Bertz CT molecular complexity index is 713. The van der Waals surface area contributed by atoms with Gasteiger partial charge < -0.3 is 10.1 Å². The molecule has 0 saturated carbocycles. The van der Waals surface area contributed by atoms with Crippen molar-refractivity contribution in [3.05, 3.63) is 62.2 Å². The van der Waals surface area contributed by atoms with Gasteiger partial charge in [0, 0.05) is 3.57 Å². The van der Waals surface area contributed by atoms with Crippen LogP contribution in [0.2, 0.25) is 0 Å². The van der Waals surface area contributed by atoms with Gasteiger partial charge in [0.05, 0.1) is 18.7 Å². The maximum absolute atomic E-state index is 12.6. The van der Waals surface area contributed by atoms with Crippen LogP contribution in [0.4, 0.5) is 0 Å². The molecule has 0 saturated heterocycles. The number of nitrogens with one attached hydrogen (secondary N) is 1. The van der Waals surface area contributed by atoms with E-state index in [-0.39, 0.29) is 11.9 Å². The number of halogens is 1. The molecular formula is C19H22INO2. The van der Waals surface area contributed by atoms with E-state index in [1.807, 2.05) is 44.2 Å². The fourth-order valence-electron chi connectivity index (χ4n) is 2.58. The molecule has 2 aromatic rings. The van der Waals surface area contributed by atoms with Crippen molar-refractivity contribution in [1.29, 1.82) is 0 Å². The number of rotatable bonds is 5. The van der Waals surface area contributed by atoms with Crippen LogP contribution in [0.5, 0.6) is 5.75 Å². The summed E-state index contributed by atoms with van der Waals surface area (Å²) in [6.45, 7) is 6.11. The van der Waals surface area contributed by atoms with Crippen LogP contribution in [0, 0.1) is 17.4 Å². The Balaban J connectivity index is 2.21. The molecule has 122 valence electrons. The fourth-order valence-corrected chi connectivity index (χ4v) is 3.50. The topological polar surface area (TPSA) is 38.3 Å². The normalized spacial score (nSPS) is 11.9. The highest BCUT2D eigenvalue weighted by atomic mass is 127. The first-order chi connectivity index (χ1) is 11.0. The highest BCUT2D eigenvalue weighted by Gasteiger charge is 2.17. The summed E-state index contributed by atoms with van der Waals surface area (Å²) in [4.78, 5) is 12.6. The van der Waals surface area contributed by atoms with Crippen LogP contribution in [-0.4, -0.2) is 13.0 Å². The van der Waals surface area contributed by atoms with Crippen LogP contribution in [0.15, 0.2) is 36.4 Å². The van der Waals surface area contributed by atoms with Crippen molar-refractivity contribution >= 4 is 28.5 Å². The van der Waals surface area contributed by atoms with Crippen molar-refractivity contribution < 1.29 is 9.53 Å². The summed E-state index contributed by atoms with van der Waals surface area (Å²) in [5.41, 5.74) is 4.05. The SMILES string of the molecule is CC[C@@H](NC(=O)c1ccc(C)cc1I)c1ccc(OC)c(C)c1. The van der Waals surface area contributed by atoms with E-state index < -0.39 is 0 Å². The zero-order valence-corrected chi connectivity index (χ0v) is 16.1. The Morgan fingerprint density at radius 3 is 2.52 bits per heavy atom. The van der Waals surface area contributed by atoms with Crippen molar-refractivity contribution in [2.45, 2.75) is 33.2 Å². The fraction of sp³-hybridized carbons (Fsp3) is 0.316. The van der Waals surface area contributed by atoms with Crippen LogP contribution >= 0.6 is 22.6 Å². The van der Waals surface area contributed by atoms with Crippen LogP contribution in [0.1, 0.15) is 46.4 Å². The predicted octanol–water partition coefficient (Wildman–Crippen LogP) is 4.80. The molecule has 4 heteroatoms. The van der Waals surface area contributed by atoms with E-state index in [4.69, 9.17) is 4.74 Å². The Hall–Kier alpha value is -1.56. The number of ether oxygens (including phenoxy) is 1. The minimum atomic E-state index is -0.0327. The molecule has 1 atom stereocenters. The van der Waals surface area contributed by atoms with Gasteiger partial charge in [-0.25, -0.2) is 0 Å². The van der Waals surface area contributed by atoms with Gasteiger partial charge in [-0.05, 0) is 72.2 Å². The molecule has 3 nitrogen and oxygen atoms in total. The molecule has 2 aromatic carbocycles. The first-order valence-corrected chi connectivity index (χ1v) is 8.75. The highest BCUT2D eigenvalue weighted by Crippen LogP contribution is 2.25. The van der Waals surface area contributed by atoms with Gasteiger partial charge in [-0.3, -0.25) is 4.79 Å². The quantitative estimate of drug-likeness (QED) is 0.702. The molecule has 0 unspecified atom stereocenters. The second-order valence-corrected chi connectivity index (χ2v) is 6.81. The molecule has 0 aromatic heterocycles. The summed E-state index contributed by atoms with van der Waals surface area (Å²) in [6.07, 6.45) is 0.833. The van der Waals surface area contributed by atoms with Gasteiger partial charge in [0.15, 0.2) is 0 Å². The molecule has 0 aliphatic carbocycles. The van der Waals surface area contributed by atoms with E-state index in [9.17, 15) is 4.79 Å². The number of hydrogen-bond acceptors (Lipinski definition) is 2. The van der Waals surface area contributed by atoms with E-state index in [0.29, 0.717) is 0 Å². The lowest BCUT2D eigenvalue weighted by Crippen LogP contribution is -2.28. The maximum Gasteiger partial charge on any atom is 0.252 e. The van der Waals surface area contributed by atoms with E-state index in [2.05, 4.69) is 40.9 Å². The molecule has 1 N–H and O–H groups in total. The number of methoxy groups -OCH3 is 1. The third-order valence-corrected chi connectivity index (χ3v) is 4.80.